The Morgan fingerprint density at radius 1 is 1.04 bits per heavy atom. The Labute approximate surface area is 137 Å². The van der Waals surface area contributed by atoms with Gasteiger partial charge in [-0.1, -0.05) is 48.5 Å². The standard InChI is InChI=1S/C20H22N2O/c1-20(2,21)19(23)22-12-13-7-3-4-8-14(13)17-11-18(22)16-10-6-5-9-15(16)17/h3-10,17-18H,11-12,21H2,1-2H3. The van der Waals surface area contributed by atoms with Crippen LogP contribution in [0.4, 0.5) is 0 Å². The van der Waals surface area contributed by atoms with E-state index in [1.807, 2.05) is 4.90 Å². The number of fused-ring (bicyclic) bond motifs is 7. The lowest BCUT2D eigenvalue weighted by atomic mass is 9.89. The first kappa shape index (κ1) is 14.5. The minimum Gasteiger partial charge on any atom is -0.330 e. The Morgan fingerprint density at radius 2 is 1.65 bits per heavy atom. The van der Waals surface area contributed by atoms with Crippen LogP contribution in [0.3, 0.4) is 0 Å². The van der Waals surface area contributed by atoms with Crippen LogP contribution < -0.4 is 5.73 Å². The quantitative estimate of drug-likeness (QED) is 0.878. The number of carbonyl (C=O) groups is 1. The molecule has 0 fully saturated rings. The molecule has 0 radical (unpaired) electrons. The van der Waals surface area contributed by atoms with Crippen LogP contribution in [-0.4, -0.2) is 16.3 Å². The smallest absolute Gasteiger partial charge is 0.242 e. The molecule has 118 valence electrons. The van der Waals surface area contributed by atoms with Crippen LogP contribution >= 0.6 is 0 Å². The molecule has 0 saturated carbocycles. The minimum absolute atomic E-state index is 0.0228. The van der Waals surface area contributed by atoms with Crippen LogP contribution in [0.1, 0.15) is 54.5 Å². The van der Waals surface area contributed by atoms with Gasteiger partial charge >= 0.3 is 0 Å². The van der Waals surface area contributed by atoms with Crippen molar-refractivity contribution >= 4 is 5.91 Å². The molecule has 2 aromatic carbocycles. The number of hydrogen-bond acceptors (Lipinski definition) is 2. The van der Waals surface area contributed by atoms with E-state index in [2.05, 4.69) is 48.5 Å². The maximum Gasteiger partial charge on any atom is 0.242 e. The zero-order valence-corrected chi connectivity index (χ0v) is 13.6. The molecule has 1 amide bonds. The third kappa shape index (κ3) is 2.19. The topological polar surface area (TPSA) is 46.3 Å². The van der Waals surface area contributed by atoms with Gasteiger partial charge in [-0.2, -0.15) is 0 Å². The summed E-state index contributed by atoms with van der Waals surface area (Å²) in [4.78, 5) is 15.0. The van der Waals surface area contributed by atoms with Crippen LogP contribution in [0.5, 0.6) is 0 Å². The highest BCUT2D eigenvalue weighted by atomic mass is 16.2. The van der Waals surface area contributed by atoms with Crippen LogP contribution in [0.2, 0.25) is 0 Å². The molecule has 2 unspecified atom stereocenters. The van der Waals surface area contributed by atoms with Crippen LogP contribution in [-0.2, 0) is 11.3 Å². The third-order valence-electron chi connectivity index (χ3n) is 5.15. The lowest BCUT2D eigenvalue weighted by Gasteiger charge is -2.34. The Kier molecular flexibility index (Phi) is 3.10. The first-order valence-electron chi connectivity index (χ1n) is 8.23. The molecule has 2 bridgehead atoms. The summed E-state index contributed by atoms with van der Waals surface area (Å²) in [5.74, 6) is 0.403. The number of carbonyl (C=O) groups excluding carboxylic acids is 1. The van der Waals surface area contributed by atoms with E-state index in [-0.39, 0.29) is 11.9 Å². The van der Waals surface area contributed by atoms with Crippen LogP contribution in [0.25, 0.3) is 0 Å². The van der Waals surface area contributed by atoms with E-state index in [4.69, 9.17) is 5.73 Å². The van der Waals surface area contributed by atoms with E-state index < -0.39 is 5.54 Å². The maximum atomic E-state index is 13.0. The van der Waals surface area contributed by atoms with E-state index in [0.29, 0.717) is 12.5 Å². The molecule has 3 heteroatoms. The van der Waals surface area contributed by atoms with Crippen molar-refractivity contribution in [2.45, 2.75) is 44.3 Å². The van der Waals surface area contributed by atoms with E-state index in [0.717, 1.165) is 6.42 Å². The Hall–Kier alpha value is -2.13. The highest BCUT2D eigenvalue weighted by molar-refractivity contribution is 5.86. The summed E-state index contributed by atoms with van der Waals surface area (Å²) in [6.07, 6.45) is 0.957. The lowest BCUT2D eigenvalue weighted by Crippen LogP contribution is -2.51. The summed E-state index contributed by atoms with van der Waals surface area (Å²) in [6, 6.07) is 17.2. The third-order valence-corrected chi connectivity index (χ3v) is 5.15. The molecule has 1 aliphatic heterocycles. The van der Waals surface area contributed by atoms with Gasteiger partial charge in [0, 0.05) is 12.5 Å². The molecule has 1 heterocycles. The summed E-state index contributed by atoms with van der Waals surface area (Å²) >= 11 is 0. The molecule has 23 heavy (non-hydrogen) atoms. The van der Waals surface area contributed by atoms with Crippen molar-refractivity contribution in [3.8, 4) is 0 Å². The normalized spacial score (nSPS) is 22.3. The molecule has 3 nitrogen and oxygen atoms in total. The number of nitrogens with zero attached hydrogens (tertiary/aromatic N) is 1. The maximum absolute atomic E-state index is 13.0. The fraction of sp³-hybridized carbons (Fsp3) is 0.350. The molecule has 0 aromatic heterocycles. The van der Waals surface area contributed by atoms with Crippen molar-refractivity contribution in [1.82, 2.24) is 4.90 Å². The Morgan fingerprint density at radius 3 is 2.35 bits per heavy atom. The number of benzene rings is 2. The zero-order valence-electron chi connectivity index (χ0n) is 13.6. The second-order valence-electron chi connectivity index (χ2n) is 7.29. The molecular formula is C20H22N2O. The largest absolute Gasteiger partial charge is 0.330 e. The molecule has 2 N–H and O–H groups in total. The van der Waals surface area contributed by atoms with E-state index in [9.17, 15) is 4.79 Å². The number of nitrogens with two attached hydrogens (primary N) is 1. The summed E-state index contributed by atoms with van der Waals surface area (Å²) in [6.45, 7) is 4.24. The Balaban J connectivity index is 1.90. The molecule has 2 aromatic rings. The molecule has 0 saturated heterocycles. The number of rotatable bonds is 1. The second kappa shape index (κ2) is 4.93. The van der Waals surface area contributed by atoms with Gasteiger partial charge in [0.2, 0.25) is 5.91 Å². The summed E-state index contributed by atoms with van der Waals surface area (Å²) in [7, 11) is 0. The van der Waals surface area contributed by atoms with Crippen molar-refractivity contribution in [3.05, 3.63) is 70.8 Å². The SMILES string of the molecule is CC(C)(N)C(=O)N1Cc2ccccc2C2CC1c1ccccc12. The molecule has 1 aliphatic carbocycles. The molecular weight excluding hydrogens is 284 g/mol. The molecule has 2 aliphatic rings. The lowest BCUT2D eigenvalue weighted by molar-refractivity contribution is -0.139. The fourth-order valence-electron chi connectivity index (χ4n) is 4.09. The van der Waals surface area contributed by atoms with Gasteiger partial charge in [-0.25, -0.2) is 0 Å². The molecule has 0 spiro atoms. The minimum atomic E-state index is -0.855. The van der Waals surface area contributed by atoms with Gasteiger partial charge in [0.1, 0.15) is 0 Å². The van der Waals surface area contributed by atoms with Gasteiger partial charge in [0.15, 0.2) is 0 Å². The van der Waals surface area contributed by atoms with Crippen molar-refractivity contribution in [2.24, 2.45) is 5.73 Å². The molecule has 4 rings (SSSR count). The highest BCUT2D eigenvalue weighted by Crippen LogP contribution is 2.50. The predicted octanol–water partition coefficient (Wildman–Crippen LogP) is 3.34. The summed E-state index contributed by atoms with van der Waals surface area (Å²) in [5, 5.41) is 0. The van der Waals surface area contributed by atoms with Gasteiger partial charge in [-0.15, -0.1) is 0 Å². The van der Waals surface area contributed by atoms with Gasteiger partial charge < -0.3 is 10.6 Å². The van der Waals surface area contributed by atoms with E-state index >= 15 is 0 Å². The highest BCUT2D eigenvalue weighted by Gasteiger charge is 2.43. The van der Waals surface area contributed by atoms with E-state index in [1.54, 1.807) is 13.8 Å². The van der Waals surface area contributed by atoms with Gasteiger partial charge in [-0.05, 0) is 42.5 Å². The van der Waals surface area contributed by atoms with Crippen molar-refractivity contribution in [3.63, 3.8) is 0 Å². The summed E-state index contributed by atoms with van der Waals surface area (Å²) in [5.41, 5.74) is 10.5. The fourth-order valence-corrected chi connectivity index (χ4v) is 4.09. The predicted molar refractivity (Wildman–Crippen MR) is 90.9 cm³/mol. The average Bonchev–Trinajstić information content (AvgIpc) is 2.81. The monoisotopic (exact) mass is 306 g/mol. The summed E-state index contributed by atoms with van der Waals surface area (Å²) < 4.78 is 0. The van der Waals surface area contributed by atoms with E-state index in [1.165, 1.54) is 22.3 Å². The van der Waals surface area contributed by atoms with Crippen molar-refractivity contribution in [2.75, 3.05) is 0 Å². The Bertz CT molecular complexity index is 775. The van der Waals surface area contributed by atoms with Crippen molar-refractivity contribution in [1.29, 1.82) is 0 Å². The zero-order chi connectivity index (χ0) is 16.2. The average molecular weight is 306 g/mol. The first-order chi connectivity index (χ1) is 11.0. The van der Waals surface area contributed by atoms with Gasteiger partial charge in [0.25, 0.3) is 0 Å². The van der Waals surface area contributed by atoms with Crippen molar-refractivity contribution < 1.29 is 4.79 Å². The molecule has 2 atom stereocenters. The van der Waals surface area contributed by atoms with Crippen LogP contribution in [0, 0.1) is 0 Å². The van der Waals surface area contributed by atoms with Crippen LogP contribution in [0.15, 0.2) is 48.5 Å². The number of hydrogen-bond donors (Lipinski definition) is 1. The second-order valence-corrected chi connectivity index (χ2v) is 7.29. The first-order valence-corrected chi connectivity index (χ1v) is 8.23. The van der Waals surface area contributed by atoms with Gasteiger partial charge in [0.05, 0.1) is 11.6 Å². The van der Waals surface area contributed by atoms with Gasteiger partial charge in [-0.3, -0.25) is 4.79 Å². The number of amides is 1.